The minimum atomic E-state index is -3.06. The van der Waals surface area contributed by atoms with Gasteiger partial charge in [0.05, 0.1) is 20.0 Å². The summed E-state index contributed by atoms with van der Waals surface area (Å²) in [6.45, 7) is 3.18. The molecule has 1 saturated heterocycles. The molecule has 1 aromatic carbocycles. The van der Waals surface area contributed by atoms with E-state index in [9.17, 15) is 8.42 Å². The van der Waals surface area contributed by atoms with Gasteiger partial charge in [-0.15, -0.1) is 24.0 Å². The molecule has 0 spiro atoms. The Hall–Kier alpha value is -1.27. The van der Waals surface area contributed by atoms with Gasteiger partial charge < -0.3 is 19.7 Å². The van der Waals surface area contributed by atoms with E-state index in [0.29, 0.717) is 26.1 Å². The van der Waals surface area contributed by atoms with Gasteiger partial charge in [0.1, 0.15) is 0 Å². The number of methoxy groups -OCH3 is 2. The van der Waals surface area contributed by atoms with E-state index in [2.05, 4.69) is 15.2 Å². The number of aliphatic imine (C=N–C) groups is 1. The second kappa shape index (κ2) is 9.97. The van der Waals surface area contributed by atoms with Gasteiger partial charge >= 0.3 is 0 Å². The molecule has 8 nitrogen and oxygen atoms in total. The Morgan fingerprint density at radius 3 is 2.43 bits per heavy atom. The van der Waals surface area contributed by atoms with Gasteiger partial charge in [0, 0.05) is 39.8 Å². The van der Waals surface area contributed by atoms with Crippen LogP contribution >= 0.6 is 24.0 Å². The second-order valence-corrected chi connectivity index (χ2v) is 8.78. The molecule has 158 valence electrons. The predicted octanol–water partition coefficient (Wildman–Crippen LogP) is 1.29. The number of halogens is 1. The summed E-state index contributed by atoms with van der Waals surface area (Å²) in [5, 5.41) is 3.30. The lowest BCUT2D eigenvalue weighted by Crippen LogP contribution is -2.46. The highest BCUT2D eigenvalue weighted by Crippen LogP contribution is 2.33. The maximum absolute atomic E-state index is 11.9. The summed E-state index contributed by atoms with van der Waals surface area (Å²) < 4.78 is 36.1. The first-order valence-electron chi connectivity index (χ1n) is 9.15. The van der Waals surface area contributed by atoms with Gasteiger partial charge in [-0.2, -0.15) is 0 Å². The highest BCUT2D eigenvalue weighted by molar-refractivity contribution is 14.0. The van der Waals surface area contributed by atoms with Crippen LogP contribution in [0.15, 0.2) is 17.1 Å². The maximum Gasteiger partial charge on any atom is 0.214 e. The Kier molecular flexibility index (Phi) is 8.19. The first-order chi connectivity index (χ1) is 13.0. The van der Waals surface area contributed by atoms with E-state index in [1.165, 1.54) is 11.1 Å². The molecule has 0 amide bonds. The van der Waals surface area contributed by atoms with Crippen LogP contribution in [0.4, 0.5) is 0 Å². The fourth-order valence-corrected chi connectivity index (χ4v) is 5.16. The van der Waals surface area contributed by atoms with Gasteiger partial charge in [-0.25, -0.2) is 12.7 Å². The fraction of sp³-hybridized carbons (Fsp3) is 0.611. The normalized spacial score (nSPS) is 19.0. The minimum absolute atomic E-state index is 0. The molecule has 0 saturated carbocycles. The van der Waals surface area contributed by atoms with Crippen molar-refractivity contribution < 1.29 is 17.9 Å². The molecular formula is C18H29IN4O4S. The molecule has 0 unspecified atom stereocenters. The smallest absolute Gasteiger partial charge is 0.214 e. The average molecular weight is 524 g/mol. The zero-order valence-corrected chi connectivity index (χ0v) is 19.7. The van der Waals surface area contributed by atoms with Crippen molar-refractivity contribution in [3.05, 3.63) is 23.3 Å². The molecule has 2 aliphatic rings. The molecule has 0 aliphatic carbocycles. The van der Waals surface area contributed by atoms with Gasteiger partial charge in [0.15, 0.2) is 17.5 Å². The molecule has 1 N–H and O–H groups in total. The standard InChI is InChI=1S/C18H28N4O4S.HI/c1-19-18(20-6-9-22-7-4-10-27(22,23)24)21-8-5-14-11-16(25-2)17(26-3)12-15(14)13-21;/h11-12H,4-10,13H2,1-3H3,(H,19,20);1H. The lowest BCUT2D eigenvalue weighted by atomic mass is 9.99. The van der Waals surface area contributed by atoms with Gasteiger partial charge in [-0.05, 0) is 36.1 Å². The number of benzene rings is 1. The second-order valence-electron chi connectivity index (χ2n) is 6.69. The molecule has 28 heavy (non-hydrogen) atoms. The third kappa shape index (κ3) is 5.01. The van der Waals surface area contributed by atoms with Crippen LogP contribution in [0.2, 0.25) is 0 Å². The van der Waals surface area contributed by atoms with Crippen LogP contribution in [0.1, 0.15) is 17.5 Å². The van der Waals surface area contributed by atoms with E-state index in [1.807, 2.05) is 12.1 Å². The summed E-state index contributed by atoms with van der Waals surface area (Å²) in [6.07, 6.45) is 1.60. The van der Waals surface area contributed by atoms with Crippen LogP contribution in [0.3, 0.4) is 0 Å². The van der Waals surface area contributed by atoms with Gasteiger partial charge in [0.2, 0.25) is 10.0 Å². The monoisotopic (exact) mass is 524 g/mol. The van der Waals surface area contributed by atoms with Crippen molar-refractivity contribution in [2.24, 2.45) is 4.99 Å². The Morgan fingerprint density at radius 2 is 1.86 bits per heavy atom. The minimum Gasteiger partial charge on any atom is -0.493 e. The quantitative estimate of drug-likeness (QED) is 0.355. The van der Waals surface area contributed by atoms with Crippen molar-refractivity contribution in [2.75, 3.05) is 53.2 Å². The molecule has 2 heterocycles. The van der Waals surface area contributed by atoms with Crippen molar-refractivity contribution >= 4 is 40.0 Å². The third-order valence-electron chi connectivity index (χ3n) is 5.08. The van der Waals surface area contributed by atoms with E-state index < -0.39 is 10.0 Å². The predicted molar refractivity (Wildman–Crippen MR) is 120 cm³/mol. The number of ether oxygens (including phenoxy) is 2. The number of sulfonamides is 1. The third-order valence-corrected chi connectivity index (χ3v) is 7.03. The van der Waals surface area contributed by atoms with Crippen molar-refractivity contribution in [3.63, 3.8) is 0 Å². The van der Waals surface area contributed by atoms with Gasteiger partial charge in [-0.3, -0.25) is 4.99 Å². The molecule has 1 aromatic rings. The summed E-state index contributed by atoms with van der Waals surface area (Å²) in [4.78, 5) is 6.54. The van der Waals surface area contributed by atoms with E-state index in [1.54, 1.807) is 25.6 Å². The van der Waals surface area contributed by atoms with Crippen molar-refractivity contribution in [1.82, 2.24) is 14.5 Å². The van der Waals surface area contributed by atoms with E-state index in [0.717, 1.165) is 37.0 Å². The summed E-state index contributed by atoms with van der Waals surface area (Å²) in [5.74, 6) is 2.52. The summed E-state index contributed by atoms with van der Waals surface area (Å²) >= 11 is 0. The fourth-order valence-electron chi connectivity index (χ4n) is 3.63. The number of guanidine groups is 1. The number of nitrogens with one attached hydrogen (secondary N) is 1. The Balaban J connectivity index is 0.00000280. The van der Waals surface area contributed by atoms with Crippen LogP contribution in [-0.2, 0) is 23.0 Å². The number of hydrogen-bond acceptors (Lipinski definition) is 5. The van der Waals surface area contributed by atoms with Crippen LogP contribution < -0.4 is 14.8 Å². The first kappa shape index (κ1) is 23.0. The highest BCUT2D eigenvalue weighted by atomic mass is 127. The summed E-state index contributed by atoms with van der Waals surface area (Å²) in [7, 11) is 1.97. The molecule has 0 bridgehead atoms. The van der Waals surface area contributed by atoms with E-state index in [4.69, 9.17) is 9.47 Å². The van der Waals surface area contributed by atoms with Crippen molar-refractivity contribution in [1.29, 1.82) is 0 Å². The molecule has 0 atom stereocenters. The van der Waals surface area contributed by atoms with Crippen LogP contribution in [-0.4, -0.2) is 76.8 Å². The Labute approximate surface area is 184 Å². The largest absolute Gasteiger partial charge is 0.493 e. The first-order valence-corrected chi connectivity index (χ1v) is 10.8. The van der Waals surface area contributed by atoms with Crippen LogP contribution in [0.25, 0.3) is 0 Å². The SMILES string of the molecule is CN=C(NCCN1CCCS1(=O)=O)N1CCc2cc(OC)c(OC)cc2C1.I. The highest BCUT2D eigenvalue weighted by Gasteiger charge is 2.28. The van der Waals surface area contributed by atoms with Crippen LogP contribution in [0, 0.1) is 0 Å². The Bertz CT molecular complexity index is 816. The van der Waals surface area contributed by atoms with E-state index in [-0.39, 0.29) is 29.7 Å². The molecule has 2 aliphatic heterocycles. The molecule has 0 aromatic heterocycles. The maximum atomic E-state index is 11.9. The lowest BCUT2D eigenvalue weighted by molar-refractivity contribution is 0.345. The van der Waals surface area contributed by atoms with E-state index >= 15 is 0 Å². The van der Waals surface area contributed by atoms with Crippen molar-refractivity contribution in [3.8, 4) is 11.5 Å². The zero-order valence-electron chi connectivity index (χ0n) is 16.6. The average Bonchev–Trinajstić information content (AvgIpc) is 3.01. The number of rotatable bonds is 5. The molecule has 3 rings (SSSR count). The molecule has 10 heteroatoms. The number of fused-ring (bicyclic) bond motifs is 1. The molecule has 1 fully saturated rings. The molecular weight excluding hydrogens is 495 g/mol. The number of nitrogens with zero attached hydrogens (tertiary/aromatic N) is 3. The topological polar surface area (TPSA) is 83.5 Å². The lowest BCUT2D eigenvalue weighted by Gasteiger charge is -2.32. The Morgan fingerprint density at radius 1 is 1.18 bits per heavy atom. The van der Waals surface area contributed by atoms with Crippen LogP contribution in [0.5, 0.6) is 11.5 Å². The zero-order chi connectivity index (χ0) is 19.4. The summed E-state index contributed by atoms with van der Waals surface area (Å²) in [5.41, 5.74) is 2.44. The number of hydrogen-bond donors (Lipinski definition) is 1. The van der Waals surface area contributed by atoms with Crippen molar-refractivity contribution in [2.45, 2.75) is 19.4 Å². The molecule has 0 radical (unpaired) electrons. The summed E-state index contributed by atoms with van der Waals surface area (Å²) in [6, 6.07) is 4.06. The van der Waals surface area contributed by atoms with Gasteiger partial charge in [-0.1, -0.05) is 0 Å². The van der Waals surface area contributed by atoms with Gasteiger partial charge in [0.25, 0.3) is 0 Å².